The van der Waals surface area contributed by atoms with Crippen LogP contribution in [0.1, 0.15) is 32.8 Å². The molecule has 1 heterocycles. The molecule has 0 fully saturated rings. The van der Waals surface area contributed by atoms with Gasteiger partial charge in [-0.25, -0.2) is 4.79 Å². The maximum absolute atomic E-state index is 12.1. The van der Waals surface area contributed by atoms with Gasteiger partial charge >= 0.3 is 5.97 Å². The molecule has 4 heteroatoms. The highest BCUT2D eigenvalue weighted by Gasteiger charge is 2.14. The minimum absolute atomic E-state index is 0.160. The molecular formula is C18H16O3S. The van der Waals surface area contributed by atoms with Crippen LogP contribution < -0.4 is 0 Å². The van der Waals surface area contributed by atoms with Crippen LogP contribution in [0, 0.1) is 0 Å². The summed E-state index contributed by atoms with van der Waals surface area (Å²) in [6.45, 7) is -0.216. The molecule has 22 heavy (non-hydrogen) atoms. The topological polar surface area (TPSA) is 43.4 Å². The highest BCUT2D eigenvalue weighted by Crippen LogP contribution is 2.23. The van der Waals surface area contributed by atoms with Crippen LogP contribution in [-0.4, -0.2) is 18.4 Å². The number of ketones is 1. The Morgan fingerprint density at radius 1 is 1.18 bits per heavy atom. The molecule has 0 radical (unpaired) electrons. The molecule has 0 atom stereocenters. The van der Waals surface area contributed by atoms with Gasteiger partial charge in [0, 0.05) is 16.5 Å². The van der Waals surface area contributed by atoms with Gasteiger partial charge in [0.2, 0.25) is 0 Å². The third-order valence-electron chi connectivity index (χ3n) is 3.69. The molecule has 0 unspecified atom stereocenters. The number of fused-ring (bicyclic) bond motifs is 1. The van der Waals surface area contributed by atoms with Crippen LogP contribution >= 0.6 is 11.3 Å². The Kier molecular flexibility index (Phi) is 4.49. The average Bonchev–Trinajstić information content (AvgIpc) is 3.20. The molecule has 0 saturated heterocycles. The van der Waals surface area contributed by atoms with Crippen LogP contribution in [0.2, 0.25) is 0 Å². The lowest BCUT2D eigenvalue weighted by Crippen LogP contribution is -2.12. The summed E-state index contributed by atoms with van der Waals surface area (Å²) in [6, 6.07) is 9.58. The van der Waals surface area contributed by atoms with E-state index in [2.05, 4.69) is 0 Å². The van der Waals surface area contributed by atoms with Gasteiger partial charge in [-0.1, -0.05) is 18.2 Å². The lowest BCUT2D eigenvalue weighted by atomic mass is 10.0. The number of aryl methyl sites for hydroxylation is 2. The molecule has 3 rings (SSSR count). The van der Waals surface area contributed by atoms with Gasteiger partial charge in [0.15, 0.2) is 12.4 Å². The quantitative estimate of drug-likeness (QED) is 0.480. The van der Waals surface area contributed by atoms with E-state index in [0.29, 0.717) is 5.56 Å². The maximum atomic E-state index is 12.1. The van der Waals surface area contributed by atoms with Gasteiger partial charge in [-0.15, -0.1) is 11.3 Å². The van der Waals surface area contributed by atoms with E-state index in [0.717, 1.165) is 24.1 Å². The predicted molar refractivity (Wildman–Crippen MR) is 87.1 cm³/mol. The van der Waals surface area contributed by atoms with E-state index >= 15 is 0 Å². The molecule has 1 aromatic heterocycles. The van der Waals surface area contributed by atoms with E-state index in [-0.39, 0.29) is 12.4 Å². The lowest BCUT2D eigenvalue weighted by Gasteiger charge is -2.04. The van der Waals surface area contributed by atoms with E-state index in [1.807, 2.05) is 35.7 Å². The van der Waals surface area contributed by atoms with E-state index in [1.165, 1.54) is 28.5 Å². The summed E-state index contributed by atoms with van der Waals surface area (Å²) < 4.78 is 5.01. The van der Waals surface area contributed by atoms with Crippen LogP contribution in [-0.2, 0) is 22.4 Å². The van der Waals surface area contributed by atoms with E-state index in [9.17, 15) is 9.59 Å². The van der Waals surface area contributed by atoms with Crippen LogP contribution in [0.3, 0.4) is 0 Å². The molecule has 0 bridgehead atoms. The summed E-state index contributed by atoms with van der Waals surface area (Å²) in [5.41, 5.74) is 3.19. The minimum atomic E-state index is -0.497. The fourth-order valence-corrected chi connectivity index (χ4v) is 3.17. The van der Waals surface area contributed by atoms with Gasteiger partial charge in [0.1, 0.15) is 0 Å². The summed E-state index contributed by atoms with van der Waals surface area (Å²) in [7, 11) is 0. The smallest absolute Gasteiger partial charge is 0.331 e. The summed E-state index contributed by atoms with van der Waals surface area (Å²) >= 11 is 1.54. The zero-order valence-electron chi connectivity index (χ0n) is 12.1. The first-order valence-electron chi connectivity index (χ1n) is 7.26. The predicted octanol–water partition coefficient (Wildman–Crippen LogP) is 3.68. The van der Waals surface area contributed by atoms with Gasteiger partial charge in [0.05, 0.1) is 0 Å². The van der Waals surface area contributed by atoms with Crippen molar-refractivity contribution < 1.29 is 14.3 Å². The largest absolute Gasteiger partial charge is 0.454 e. The monoisotopic (exact) mass is 312 g/mol. The van der Waals surface area contributed by atoms with Gasteiger partial charge in [-0.2, -0.15) is 0 Å². The van der Waals surface area contributed by atoms with Crippen molar-refractivity contribution in [3.05, 3.63) is 63.4 Å². The lowest BCUT2D eigenvalue weighted by molar-refractivity contribution is -0.136. The summed E-state index contributed by atoms with van der Waals surface area (Å²) in [5, 5.41) is 1.93. The van der Waals surface area contributed by atoms with E-state index in [1.54, 1.807) is 6.08 Å². The van der Waals surface area contributed by atoms with Crippen molar-refractivity contribution in [3.63, 3.8) is 0 Å². The van der Waals surface area contributed by atoms with Crippen LogP contribution in [0.15, 0.2) is 41.8 Å². The Morgan fingerprint density at radius 2 is 2.05 bits per heavy atom. The first-order valence-corrected chi connectivity index (χ1v) is 8.14. The molecular weight excluding hydrogens is 296 g/mol. The zero-order valence-corrected chi connectivity index (χ0v) is 12.9. The third-order valence-corrected chi connectivity index (χ3v) is 4.53. The van der Waals surface area contributed by atoms with Crippen molar-refractivity contribution in [2.24, 2.45) is 0 Å². The molecule has 0 saturated carbocycles. The maximum Gasteiger partial charge on any atom is 0.331 e. The minimum Gasteiger partial charge on any atom is -0.454 e. The highest BCUT2D eigenvalue weighted by molar-refractivity contribution is 7.10. The normalized spacial score (nSPS) is 13.3. The molecule has 1 aromatic carbocycles. The molecule has 3 nitrogen and oxygen atoms in total. The fourth-order valence-electron chi connectivity index (χ4n) is 2.55. The van der Waals surface area contributed by atoms with Crippen LogP contribution in [0.4, 0.5) is 0 Å². The second-order valence-electron chi connectivity index (χ2n) is 5.22. The van der Waals surface area contributed by atoms with E-state index in [4.69, 9.17) is 4.74 Å². The Morgan fingerprint density at radius 3 is 2.86 bits per heavy atom. The Hall–Kier alpha value is -2.20. The first kappa shape index (κ1) is 14.7. The summed E-state index contributed by atoms with van der Waals surface area (Å²) in [5.74, 6) is -0.657. The first-order chi connectivity index (χ1) is 10.7. The number of thiophene rings is 1. The van der Waals surface area contributed by atoms with Crippen molar-refractivity contribution in [1.29, 1.82) is 0 Å². The highest BCUT2D eigenvalue weighted by atomic mass is 32.1. The molecule has 0 aliphatic heterocycles. The number of ether oxygens (including phenoxy) is 1. The number of hydrogen-bond donors (Lipinski definition) is 0. The Bertz CT molecular complexity index is 714. The number of carbonyl (C=O) groups is 2. The molecule has 112 valence electrons. The molecule has 0 amide bonds. The van der Waals surface area contributed by atoms with Crippen LogP contribution in [0.5, 0.6) is 0 Å². The third kappa shape index (κ3) is 3.52. The SMILES string of the molecule is O=C(/C=C/c1cccs1)OCC(=O)c1ccc2c(c1)CCC2. The Balaban J connectivity index is 1.55. The van der Waals surface area contributed by atoms with Crippen molar-refractivity contribution in [2.75, 3.05) is 6.61 Å². The second kappa shape index (κ2) is 6.71. The number of carbonyl (C=O) groups excluding carboxylic acids is 2. The zero-order chi connectivity index (χ0) is 15.4. The molecule has 1 aliphatic rings. The van der Waals surface area contributed by atoms with Crippen molar-refractivity contribution in [1.82, 2.24) is 0 Å². The fraction of sp³-hybridized carbons (Fsp3) is 0.222. The summed E-state index contributed by atoms with van der Waals surface area (Å²) in [6.07, 6.45) is 6.30. The molecule has 0 spiro atoms. The van der Waals surface area contributed by atoms with Gasteiger partial charge in [-0.3, -0.25) is 4.79 Å². The number of hydrogen-bond acceptors (Lipinski definition) is 4. The standard InChI is InChI=1S/C18H16O3S/c19-17(15-7-6-13-3-1-4-14(13)11-15)12-21-18(20)9-8-16-5-2-10-22-16/h2,5-11H,1,3-4,12H2/b9-8+. The number of esters is 1. The average molecular weight is 312 g/mol. The van der Waals surface area contributed by atoms with Gasteiger partial charge in [-0.05, 0) is 54.0 Å². The van der Waals surface area contributed by atoms with Gasteiger partial charge in [0.25, 0.3) is 0 Å². The van der Waals surface area contributed by atoms with Crippen LogP contribution in [0.25, 0.3) is 6.08 Å². The van der Waals surface area contributed by atoms with Crippen molar-refractivity contribution >= 4 is 29.2 Å². The molecule has 0 N–H and O–H groups in total. The molecule has 2 aromatic rings. The van der Waals surface area contributed by atoms with Gasteiger partial charge < -0.3 is 4.74 Å². The second-order valence-corrected chi connectivity index (χ2v) is 6.20. The number of rotatable bonds is 5. The molecule has 1 aliphatic carbocycles. The number of Topliss-reactive ketones (excluding diaryl/α,β-unsaturated/α-hetero) is 1. The number of benzene rings is 1. The van der Waals surface area contributed by atoms with E-state index < -0.39 is 5.97 Å². The summed E-state index contributed by atoms with van der Waals surface area (Å²) in [4.78, 5) is 24.7. The van der Waals surface area contributed by atoms with Crippen molar-refractivity contribution in [2.45, 2.75) is 19.3 Å². The Labute approximate surface area is 133 Å². The van der Waals surface area contributed by atoms with Crippen molar-refractivity contribution in [3.8, 4) is 0 Å².